The summed E-state index contributed by atoms with van der Waals surface area (Å²) in [5.41, 5.74) is 0.100. The van der Waals surface area contributed by atoms with Gasteiger partial charge < -0.3 is 9.84 Å². The molecule has 92 valence electrons. The first-order valence-electron chi connectivity index (χ1n) is 4.51. The molecule has 0 heterocycles. The highest BCUT2D eigenvalue weighted by Crippen LogP contribution is 2.21. The Hall–Kier alpha value is -1.98. The molecule has 0 spiro atoms. The van der Waals surface area contributed by atoms with Crippen molar-refractivity contribution in [3.05, 3.63) is 35.9 Å². The molecule has 17 heavy (non-hydrogen) atoms. The van der Waals surface area contributed by atoms with Crippen molar-refractivity contribution in [2.45, 2.75) is 6.18 Å². The minimum atomic E-state index is -4.99. The lowest BCUT2D eigenvalue weighted by Gasteiger charge is -2.04. The molecule has 0 amide bonds. The van der Waals surface area contributed by atoms with Gasteiger partial charge in [0.05, 0.1) is 7.11 Å². The van der Waals surface area contributed by atoms with Crippen molar-refractivity contribution in [1.82, 2.24) is 0 Å². The maximum atomic E-state index is 11.9. The summed E-state index contributed by atoms with van der Waals surface area (Å²) in [6.07, 6.45) is -4.84. The Bertz CT molecular complexity index is 432. The lowest BCUT2D eigenvalue weighted by Crippen LogP contribution is -2.20. The van der Waals surface area contributed by atoms with Gasteiger partial charge in [-0.2, -0.15) is 13.2 Å². The monoisotopic (exact) mass is 246 g/mol. The number of carbonyl (C=O) groups excluding carboxylic acids is 1. The number of aliphatic hydroxyl groups excluding tert-OH is 1. The van der Waals surface area contributed by atoms with E-state index in [1.807, 2.05) is 0 Å². The van der Waals surface area contributed by atoms with E-state index in [0.717, 1.165) is 0 Å². The number of carbonyl (C=O) groups is 1. The van der Waals surface area contributed by atoms with Crippen LogP contribution in [-0.2, 0) is 4.79 Å². The van der Waals surface area contributed by atoms with E-state index in [1.165, 1.54) is 31.4 Å². The zero-order chi connectivity index (χ0) is 13.1. The van der Waals surface area contributed by atoms with E-state index in [-0.39, 0.29) is 11.6 Å². The maximum absolute atomic E-state index is 11.9. The van der Waals surface area contributed by atoms with Crippen LogP contribution in [0, 0.1) is 0 Å². The van der Waals surface area contributed by atoms with Crippen molar-refractivity contribution in [2.24, 2.45) is 0 Å². The largest absolute Gasteiger partial charge is 0.507 e. The summed E-state index contributed by atoms with van der Waals surface area (Å²) in [6, 6.07) is 5.59. The topological polar surface area (TPSA) is 46.5 Å². The molecule has 0 atom stereocenters. The third kappa shape index (κ3) is 3.51. The van der Waals surface area contributed by atoms with E-state index in [1.54, 1.807) is 0 Å². The number of allylic oxidation sites excluding steroid dienone is 1. The summed E-state index contributed by atoms with van der Waals surface area (Å²) in [4.78, 5) is 10.6. The van der Waals surface area contributed by atoms with Crippen LogP contribution >= 0.6 is 0 Å². The summed E-state index contributed by atoms with van der Waals surface area (Å²) in [5, 5.41) is 9.32. The molecule has 1 rings (SSSR count). The number of methoxy groups -OCH3 is 1. The highest BCUT2D eigenvalue weighted by Gasteiger charge is 2.36. The van der Waals surface area contributed by atoms with Crippen LogP contribution in [0.1, 0.15) is 5.56 Å². The van der Waals surface area contributed by atoms with Gasteiger partial charge in [0.25, 0.3) is 5.78 Å². The molecule has 1 N–H and O–H groups in total. The average molecular weight is 246 g/mol. The molecule has 0 saturated heterocycles. The maximum Gasteiger partial charge on any atom is 0.454 e. The van der Waals surface area contributed by atoms with Gasteiger partial charge in [-0.25, -0.2) is 0 Å². The van der Waals surface area contributed by atoms with Gasteiger partial charge in [0.1, 0.15) is 11.5 Å². The molecule has 1 aromatic carbocycles. The van der Waals surface area contributed by atoms with Crippen LogP contribution in [0.25, 0.3) is 5.76 Å². The van der Waals surface area contributed by atoms with Gasteiger partial charge in [0, 0.05) is 11.6 Å². The van der Waals surface area contributed by atoms with Crippen molar-refractivity contribution in [3.8, 4) is 5.75 Å². The van der Waals surface area contributed by atoms with Crippen molar-refractivity contribution < 1.29 is 27.8 Å². The van der Waals surface area contributed by atoms with Crippen molar-refractivity contribution in [1.29, 1.82) is 0 Å². The van der Waals surface area contributed by atoms with Crippen molar-refractivity contribution in [3.63, 3.8) is 0 Å². The van der Waals surface area contributed by atoms with Gasteiger partial charge in [-0.05, 0) is 24.3 Å². The van der Waals surface area contributed by atoms with Crippen LogP contribution in [-0.4, -0.2) is 24.2 Å². The van der Waals surface area contributed by atoms with E-state index < -0.39 is 17.7 Å². The second kappa shape index (κ2) is 4.90. The minimum absolute atomic E-state index is 0.100. The number of ketones is 1. The number of alkyl halides is 3. The van der Waals surface area contributed by atoms with Crippen molar-refractivity contribution in [2.75, 3.05) is 7.11 Å². The van der Waals surface area contributed by atoms with E-state index in [4.69, 9.17) is 4.74 Å². The first kappa shape index (κ1) is 13.1. The Morgan fingerprint density at radius 3 is 2.24 bits per heavy atom. The third-order valence-electron chi connectivity index (χ3n) is 1.93. The molecule has 0 aromatic heterocycles. The molecule has 0 unspecified atom stereocenters. The highest BCUT2D eigenvalue weighted by molar-refractivity contribution is 5.99. The number of rotatable bonds is 3. The lowest BCUT2D eigenvalue weighted by molar-refractivity contribution is -0.165. The number of hydrogen-bond acceptors (Lipinski definition) is 3. The Balaban J connectivity index is 2.92. The Morgan fingerprint density at radius 1 is 1.29 bits per heavy atom. The molecule has 0 aliphatic heterocycles. The smallest absolute Gasteiger partial charge is 0.454 e. The quantitative estimate of drug-likeness (QED) is 0.658. The molecule has 0 radical (unpaired) electrons. The molecular formula is C11H9F3O3. The van der Waals surface area contributed by atoms with Crippen LogP contribution in [0.3, 0.4) is 0 Å². The Kier molecular flexibility index (Phi) is 3.77. The molecule has 3 nitrogen and oxygen atoms in total. The Morgan fingerprint density at radius 2 is 1.82 bits per heavy atom. The predicted octanol–water partition coefficient (Wildman–Crippen LogP) is 2.73. The van der Waals surface area contributed by atoms with E-state index in [2.05, 4.69) is 0 Å². The standard InChI is InChI=1S/C11H9F3O3/c1-17-8-4-2-7(3-5-8)9(15)6-10(16)11(12,13)14/h2-6,15H,1H3. The van der Waals surface area contributed by atoms with Gasteiger partial charge in [0.2, 0.25) is 0 Å². The van der Waals surface area contributed by atoms with Crippen LogP contribution in [0.5, 0.6) is 5.75 Å². The molecule has 0 saturated carbocycles. The van der Waals surface area contributed by atoms with E-state index >= 15 is 0 Å². The number of hydrogen-bond donors (Lipinski definition) is 1. The summed E-state index contributed by atoms with van der Waals surface area (Å²) < 4.78 is 40.6. The predicted molar refractivity (Wildman–Crippen MR) is 54.7 cm³/mol. The van der Waals surface area contributed by atoms with Crippen molar-refractivity contribution >= 4 is 11.5 Å². The number of halogens is 3. The lowest BCUT2D eigenvalue weighted by atomic mass is 10.1. The molecule has 1 aromatic rings. The summed E-state index contributed by atoms with van der Waals surface area (Å²) in [5.74, 6) is -2.36. The fourth-order valence-corrected chi connectivity index (χ4v) is 1.05. The normalized spacial score (nSPS) is 12.4. The SMILES string of the molecule is COc1ccc(C(O)=CC(=O)C(F)(F)F)cc1. The average Bonchev–Trinajstić information content (AvgIpc) is 2.27. The molecule has 0 fully saturated rings. The van der Waals surface area contributed by atoms with Gasteiger partial charge in [0.15, 0.2) is 0 Å². The molecular weight excluding hydrogens is 237 g/mol. The summed E-state index contributed by atoms with van der Waals surface area (Å²) >= 11 is 0. The second-order valence-corrected chi connectivity index (χ2v) is 3.12. The fraction of sp³-hybridized carbons (Fsp3) is 0.182. The zero-order valence-electron chi connectivity index (χ0n) is 8.78. The van der Waals surface area contributed by atoms with Crippen LogP contribution in [0.2, 0.25) is 0 Å². The van der Waals surface area contributed by atoms with Gasteiger partial charge in [-0.3, -0.25) is 4.79 Å². The van der Waals surface area contributed by atoms with E-state index in [9.17, 15) is 23.1 Å². The summed E-state index contributed by atoms with van der Waals surface area (Å²) in [7, 11) is 1.43. The summed E-state index contributed by atoms with van der Waals surface area (Å²) in [6.45, 7) is 0. The third-order valence-corrected chi connectivity index (χ3v) is 1.93. The second-order valence-electron chi connectivity index (χ2n) is 3.12. The fourth-order valence-electron chi connectivity index (χ4n) is 1.05. The van der Waals surface area contributed by atoms with Gasteiger partial charge in [-0.1, -0.05) is 0 Å². The number of benzene rings is 1. The molecule has 0 bridgehead atoms. The van der Waals surface area contributed by atoms with E-state index in [0.29, 0.717) is 5.75 Å². The molecule has 0 aliphatic rings. The zero-order valence-corrected chi connectivity index (χ0v) is 8.78. The van der Waals surface area contributed by atoms with Crippen LogP contribution in [0.15, 0.2) is 30.3 Å². The number of aliphatic hydroxyl groups is 1. The van der Waals surface area contributed by atoms with Crippen LogP contribution in [0.4, 0.5) is 13.2 Å². The van der Waals surface area contributed by atoms with Gasteiger partial charge in [-0.15, -0.1) is 0 Å². The highest BCUT2D eigenvalue weighted by atomic mass is 19.4. The minimum Gasteiger partial charge on any atom is -0.507 e. The first-order chi connectivity index (χ1) is 7.84. The molecule has 6 heteroatoms. The molecule has 0 aliphatic carbocycles. The Labute approximate surface area is 95.1 Å². The van der Waals surface area contributed by atoms with Gasteiger partial charge >= 0.3 is 6.18 Å². The first-order valence-corrected chi connectivity index (χ1v) is 4.51. The van der Waals surface area contributed by atoms with Crippen LogP contribution < -0.4 is 4.74 Å². The number of ether oxygens (including phenoxy) is 1.